The maximum atomic E-state index is 14.0. The molecule has 1 aromatic heterocycles. The van der Waals surface area contributed by atoms with E-state index in [4.69, 9.17) is 19.0 Å². The molecule has 0 radical (unpaired) electrons. The van der Waals surface area contributed by atoms with Gasteiger partial charge in [0, 0.05) is 38.3 Å². The summed E-state index contributed by atoms with van der Waals surface area (Å²) >= 11 is 0. The van der Waals surface area contributed by atoms with E-state index in [2.05, 4.69) is 15.7 Å². The van der Waals surface area contributed by atoms with E-state index >= 15 is 0 Å². The second-order valence-electron chi connectivity index (χ2n) is 15.6. The Balaban J connectivity index is 0.990. The maximum Gasteiger partial charge on any atom is 0.528 e. The van der Waals surface area contributed by atoms with Crippen molar-refractivity contribution in [2.75, 3.05) is 45.9 Å². The third-order valence-electron chi connectivity index (χ3n) is 11.4. The molecule has 4 aliphatic rings. The van der Waals surface area contributed by atoms with E-state index in [1.807, 2.05) is 48.5 Å². The first-order valence-corrected chi connectivity index (χ1v) is 21.0. The number of piperazine rings is 1. The van der Waals surface area contributed by atoms with Gasteiger partial charge in [0.05, 0.1) is 25.4 Å². The number of hydroxylamine groups is 2. The van der Waals surface area contributed by atoms with E-state index in [0.29, 0.717) is 64.2 Å². The van der Waals surface area contributed by atoms with Crippen LogP contribution < -0.4 is 15.4 Å². The monoisotopic (exact) mass is 813 g/mol. The Kier molecular flexibility index (Phi) is 14.5. The van der Waals surface area contributed by atoms with Gasteiger partial charge in [-0.05, 0) is 88.3 Å². The van der Waals surface area contributed by atoms with Gasteiger partial charge in [0.15, 0.2) is 12.3 Å². The second kappa shape index (κ2) is 20.5. The lowest BCUT2D eigenvalue weighted by atomic mass is 9.93. The Hall–Kier alpha value is -5.48. The summed E-state index contributed by atoms with van der Waals surface area (Å²) < 4.78 is 18.7. The zero-order valence-electron chi connectivity index (χ0n) is 33.5. The van der Waals surface area contributed by atoms with Crippen LogP contribution >= 0.6 is 0 Å². The second-order valence-corrected chi connectivity index (χ2v) is 15.6. The molecule has 59 heavy (non-hydrogen) atoms. The summed E-state index contributed by atoms with van der Waals surface area (Å²) in [5, 5.41) is 12.1. The number of nitrogens with zero attached hydrogens (tertiary/aromatic N) is 5. The highest BCUT2D eigenvalue weighted by Gasteiger charge is 2.36. The van der Waals surface area contributed by atoms with Gasteiger partial charge in [-0.1, -0.05) is 48.5 Å². The number of hydrogen-bond acceptors (Lipinski definition) is 11. The Labute approximate surface area is 344 Å². The molecule has 16 nitrogen and oxygen atoms in total. The van der Waals surface area contributed by atoms with Crippen LogP contribution in [-0.2, 0) is 35.3 Å². The maximum absolute atomic E-state index is 14.0. The normalized spacial score (nSPS) is 18.9. The van der Waals surface area contributed by atoms with E-state index < -0.39 is 24.1 Å². The molecule has 0 bridgehead atoms. The number of unbranched alkanes of at least 4 members (excludes halogenated alkanes) is 1. The Morgan fingerprint density at radius 1 is 0.814 bits per heavy atom. The van der Waals surface area contributed by atoms with Gasteiger partial charge in [-0.15, -0.1) is 5.06 Å². The highest BCUT2D eigenvalue weighted by Crippen LogP contribution is 2.25. The number of carbonyl (C=O) groups excluding carboxylic acids is 5. The van der Waals surface area contributed by atoms with Crippen molar-refractivity contribution in [3.8, 4) is 11.6 Å². The van der Waals surface area contributed by atoms with Gasteiger partial charge in [-0.2, -0.15) is 5.10 Å². The molecule has 7 rings (SSSR count). The van der Waals surface area contributed by atoms with Crippen LogP contribution in [0, 0.1) is 0 Å². The first kappa shape index (κ1) is 41.7. The molecule has 2 saturated heterocycles. The number of ether oxygens (including phenoxy) is 3. The van der Waals surface area contributed by atoms with E-state index in [0.717, 1.165) is 50.5 Å². The van der Waals surface area contributed by atoms with Gasteiger partial charge in [-0.3, -0.25) is 19.2 Å². The molecule has 2 aliphatic heterocycles. The lowest BCUT2D eigenvalue weighted by Crippen LogP contribution is -2.55. The van der Waals surface area contributed by atoms with Gasteiger partial charge >= 0.3 is 6.16 Å². The van der Waals surface area contributed by atoms with Crippen LogP contribution in [0.5, 0.6) is 5.88 Å². The summed E-state index contributed by atoms with van der Waals surface area (Å²) in [6, 6.07) is 19.2. The quantitative estimate of drug-likeness (QED) is 0.140. The molecule has 3 aromatic rings. The summed E-state index contributed by atoms with van der Waals surface area (Å²) in [5.74, 6) is -1.14. The highest BCUT2D eigenvalue weighted by molar-refractivity contribution is 5.96. The van der Waals surface area contributed by atoms with Crippen molar-refractivity contribution in [3.63, 3.8) is 0 Å². The molecule has 4 fully saturated rings. The molecule has 3 heterocycles. The minimum Gasteiger partial charge on any atom is -0.467 e. The van der Waals surface area contributed by atoms with Crippen LogP contribution in [0.1, 0.15) is 86.7 Å². The van der Waals surface area contributed by atoms with Crippen LogP contribution in [0.25, 0.3) is 5.69 Å². The Morgan fingerprint density at radius 3 is 2.24 bits per heavy atom. The third kappa shape index (κ3) is 11.4. The van der Waals surface area contributed by atoms with Gasteiger partial charge in [0.25, 0.3) is 11.8 Å². The first-order chi connectivity index (χ1) is 28.8. The van der Waals surface area contributed by atoms with Crippen LogP contribution in [0.3, 0.4) is 0 Å². The number of benzene rings is 2. The van der Waals surface area contributed by atoms with Crippen LogP contribution in [-0.4, -0.2) is 125 Å². The van der Waals surface area contributed by atoms with Crippen molar-refractivity contribution in [2.45, 2.75) is 101 Å². The number of likely N-dealkylation sites (tertiary alicyclic amines) is 1. The summed E-state index contributed by atoms with van der Waals surface area (Å²) in [5.41, 5.74) is 1.68. The predicted octanol–water partition coefficient (Wildman–Crippen LogP) is 4.16. The van der Waals surface area contributed by atoms with Crippen molar-refractivity contribution in [2.24, 2.45) is 0 Å². The summed E-state index contributed by atoms with van der Waals surface area (Å²) in [7, 11) is 0. The molecule has 316 valence electrons. The van der Waals surface area contributed by atoms with Gasteiger partial charge in [-0.25, -0.2) is 9.48 Å². The standard InChI is InChI=1S/C43H55N7O9/c51-38(49-22-11-21-37(49)41(53)44-32-14-9-15-32)30-57-39-28-36(46-50(39)33-16-5-2-6-17-33)40(52)45-35(20-7-8-27-56-29-31-12-3-1-4-13-31)42(54)47-23-25-48(26-24-47)59-43(55)58-34-18-10-19-34/h1-6,12-13,16-17,28,32,34-35,37H,7-11,14-15,18-27,29-30H2,(H,44,53)(H,45,52)/t35-,37-/m0/s1. The zero-order chi connectivity index (χ0) is 41.0. The van der Waals surface area contributed by atoms with Crippen molar-refractivity contribution in [3.05, 3.63) is 78.0 Å². The summed E-state index contributed by atoms with van der Waals surface area (Å²) in [6.45, 7) is 2.24. The van der Waals surface area contributed by atoms with Crippen molar-refractivity contribution < 1.29 is 43.0 Å². The SMILES string of the molecule is O=C(OC1CCC1)ON1CCN(C(=O)[C@H](CCCCOCc2ccccc2)NC(=O)c2cc(OCC(=O)N3CCC[C@H]3C(=O)NC3CCC3)n(-c3ccccc3)n2)CC1. The topological polar surface area (TPSA) is 174 Å². The van der Waals surface area contributed by atoms with Crippen LogP contribution in [0.4, 0.5) is 4.79 Å². The molecule has 2 aromatic carbocycles. The van der Waals surface area contributed by atoms with E-state index in [-0.39, 0.29) is 61.1 Å². The fraction of sp³-hybridized carbons (Fsp3) is 0.535. The van der Waals surface area contributed by atoms with E-state index in [9.17, 15) is 24.0 Å². The molecule has 2 saturated carbocycles. The summed E-state index contributed by atoms with van der Waals surface area (Å²) in [6.07, 6.45) is 7.83. The first-order valence-electron chi connectivity index (χ1n) is 21.0. The Bertz CT molecular complexity index is 1880. The number of aromatic nitrogens is 2. The van der Waals surface area contributed by atoms with Gasteiger partial charge in [0.1, 0.15) is 18.2 Å². The molecule has 2 aliphatic carbocycles. The predicted molar refractivity (Wildman–Crippen MR) is 214 cm³/mol. The lowest BCUT2D eigenvalue weighted by Gasteiger charge is -2.35. The minimum absolute atomic E-state index is 0.00224. The Morgan fingerprint density at radius 2 is 1.54 bits per heavy atom. The molecule has 4 amide bonds. The molecule has 2 atom stereocenters. The number of carbonyl (C=O) groups is 5. The fourth-order valence-corrected chi connectivity index (χ4v) is 7.52. The van der Waals surface area contributed by atoms with E-state index in [1.165, 1.54) is 15.8 Å². The highest BCUT2D eigenvalue weighted by atomic mass is 16.8. The van der Waals surface area contributed by atoms with Crippen molar-refractivity contribution in [1.82, 2.24) is 35.3 Å². The smallest absolute Gasteiger partial charge is 0.467 e. The fourth-order valence-electron chi connectivity index (χ4n) is 7.52. The molecular weight excluding hydrogens is 759 g/mol. The molecule has 0 unspecified atom stereocenters. The lowest BCUT2D eigenvalue weighted by molar-refractivity contribution is -0.163. The van der Waals surface area contributed by atoms with Crippen molar-refractivity contribution in [1.29, 1.82) is 0 Å². The molecule has 0 spiro atoms. The molecular formula is C43H55N7O9. The average molecular weight is 814 g/mol. The largest absolute Gasteiger partial charge is 0.528 e. The minimum atomic E-state index is -0.876. The summed E-state index contributed by atoms with van der Waals surface area (Å²) in [4.78, 5) is 75.3. The van der Waals surface area contributed by atoms with Crippen LogP contribution in [0.2, 0.25) is 0 Å². The third-order valence-corrected chi connectivity index (χ3v) is 11.4. The number of rotatable bonds is 18. The average Bonchev–Trinajstić information content (AvgIpc) is 3.90. The number of para-hydroxylation sites is 1. The van der Waals surface area contributed by atoms with Crippen LogP contribution in [0.15, 0.2) is 66.7 Å². The zero-order valence-corrected chi connectivity index (χ0v) is 33.5. The van der Waals surface area contributed by atoms with Gasteiger partial charge in [0.2, 0.25) is 17.7 Å². The van der Waals surface area contributed by atoms with Crippen molar-refractivity contribution >= 4 is 29.8 Å². The molecule has 16 heteroatoms. The number of hydrogen-bond donors (Lipinski definition) is 2. The van der Waals surface area contributed by atoms with E-state index in [1.54, 1.807) is 21.9 Å². The number of amides is 4. The number of nitrogens with one attached hydrogen (secondary N) is 2. The van der Waals surface area contributed by atoms with Gasteiger partial charge < -0.3 is 39.5 Å². The molecule has 2 N–H and O–H groups in total.